The minimum Gasteiger partial charge on any atom is -0.492 e. The second kappa shape index (κ2) is 11.9. The van der Waals surface area contributed by atoms with Gasteiger partial charge in [0.15, 0.2) is 4.90 Å². The molecule has 2 aromatic carbocycles. The summed E-state index contributed by atoms with van der Waals surface area (Å²) in [6.07, 6.45) is 3.19. The highest BCUT2D eigenvalue weighted by molar-refractivity contribution is 7.91. The molecule has 9 nitrogen and oxygen atoms in total. The molecule has 10 heteroatoms. The minimum absolute atomic E-state index is 0.0600. The highest BCUT2D eigenvalue weighted by atomic mass is 32.2. The third-order valence-corrected chi connectivity index (χ3v) is 8.05. The molecule has 0 fully saturated rings. The summed E-state index contributed by atoms with van der Waals surface area (Å²) in [6, 6.07) is 16.3. The van der Waals surface area contributed by atoms with Crippen LogP contribution < -0.4 is 5.56 Å². The maximum absolute atomic E-state index is 14.0. The highest BCUT2D eigenvalue weighted by Gasteiger charge is 2.32. The number of benzene rings is 2. The van der Waals surface area contributed by atoms with Gasteiger partial charge in [0.25, 0.3) is 5.56 Å². The zero-order valence-electron chi connectivity index (χ0n) is 22.2. The first-order chi connectivity index (χ1) is 18.6. The van der Waals surface area contributed by atoms with Crippen LogP contribution in [0.1, 0.15) is 36.8 Å². The Hall–Kier alpha value is -3.86. The first kappa shape index (κ1) is 28.2. The summed E-state index contributed by atoms with van der Waals surface area (Å²) in [5.74, 6) is -0.795. The standard InChI is InChI=1S/C29H31N3O6S/c1-19(2)38-18-26-31-28(33)27(29(34)32(26)25(17-37-4)22-8-6-5-7-9-22)39(35,36)23-12-10-21(11-13-23)24-14-15-30-16-20(24)3/h5-16,19,25,33H,17-18H2,1-4H3. The molecule has 0 radical (unpaired) electrons. The van der Waals surface area contributed by atoms with Crippen molar-refractivity contribution in [2.75, 3.05) is 13.7 Å². The fourth-order valence-corrected chi connectivity index (χ4v) is 5.67. The summed E-state index contributed by atoms with van der Waals surface area (Å²) in [4.78, 5) is 21.3. The number of nitrogens with zero attached hydrogens (tertiary/aromatic N) is 3. The van der Waals surface area contributed by atoms with Gasteiger partial charge in [0.05, 0.1) is 23.6 Å². The van der Waals surface area contributed by atoms with Gasteiger partial charge in [0.1, 0.15) is 12.4 Å². The van der Waals surface area contributed by atoms with E-state index in [-0.39, 0.29) is 30.0 Å². The lowest BCUT2D eigenvalue weighted by Gasteiger charge is -2.24. The summed E-state index contributed by atoms with van der Waals surface area (Å²) in [6.45, 7) is 5.50. The number of pyridine rings is 1. The zero-order chi connectivity index (χ0) is 28.2. The van der Waals surface area contributed by atoms with Gasteiger partial charge >= 0.3 is 0 Å². The molecule has 0 aliphatic heterocycles. The fraction of sp³-hybridized carbons (Fsp3) is 0.276. The number of rotatable bonds is 10. The van der Waals surface area contributed by atoms with Gasteiger partial charge in [-0.2, -0.15) is 4.98 Å². The van der Waals surface area contributed by atoms with Crippen molar-refractivity contribution in [3.63, 3.8) is 0 Å². The molecule has 0 aliphatic carbocycles. The number of hydrogen-bond donors (Lipinski definition) is 1. The number of methoxy groups -OCH3 is 1. The predicted octanol–water partition coefficient (Wildman–Crippen LogP) is 4.31. The van der Waals surface area contributed by atoms with Crippen LogP contribution in [-0.2, 0) is 25.9 Å². The number of hydrogen-bond acceptors (Lipinski definition) is 8. The lowest BCUT2D eigenvalue weighted by molar-refractivity contribution is 0.0557. The average Bonchev–Trinajstić information content (AvgIpc) is 2.91. The molecule has 2 heterocycles. The Kier molecular flexibility index (Phi) is 8.59. The molecule has 1 atom stereocenters. The quantitative estimate of drug-likeness (QED) is 0.311. The lowest BCUT2D eigenvalue weighted by Crippen LogP contribution is -2.35. The van der Waals surface area contributed by atoms with Crippen molar-refractivity contribution in [3.8, 4) is 17.0 Å². The Morgan fingerprint density at radius 2 is 1.72 bits per heavy atom. The molecular weight excluding hydrogens is 518 g/mol. The van der Waals surface area contributed by atoms with Gasteiger partial charge in [0.2, 0.25) is 15.7 Å². The molecule has 0 spiro atoms. The molecule has 204 valence electrons. The topological polar surface area (TPSA) is 121 Å². The Morgan fingerprint density at radius 3 is 2.33 bits per heavy atom. The second-order valence-corrected chi connectivity index (χ2v) is 11.2. The molecular formula is C29H31N3O6S. The monoisotopic (exact) mass is 549 g/mol. The summed E-state index contributed by atoms with van der Waals surface area (Å²) in [5, 5.41) is 10.8. The normalized spacial score (nSPS) is 12.5. The summed E-state index contributed by atoms with van der Waals surface area (Å²) < 4.78 is 39.8. The van der Waals surface area contributed by atoms with Crippen LogP contribution in [0.4, 0.5) is 0 Å². The van der Waals surface area contributed by atoms with Crippen LogP contribution in [-0.4, -0.2) is 47.9 Å². The second-order valence-electron chi connectivity index (χ2n) is 9.32. The van der Waals surface area contributed by atoms with Gasteiger partial charge in [-0.3, -0.25) is 14.3 Å². The summed E-state index contributed by atoms with van der Waals surface area (Å²) in [5.41, 5.74) is 2.42. The Bertz CT molecular complexity index is 1600. The van der Waals surface area contributed by atoms with Crippen molar-refractivity contribution < 1.29 is 23.0 Å². The van der Waals surface area contributed by atoms with Gasteiger partial charge in [-0.25, -0.2) is 8.42 Å². The third kappa shape index (κ3) is 5.93. The molecule has 2 aromatic heterocycles. The van der Waals surface area contributed by atoms with Crippen LogP contribution in [0.2, 0.25) is 0 Å². The van der Waals surface area contributed by atoms with Crippen molar-refractivity contribution >= 4 is 9.84 Å². The number of aryl methyl sites for hydroxylation is 1. The zero-order valence-corrected chi connectivity index (χ0v) is 23.1. The summed E-state index contributed by atoms with van der Waals surface area (Å²) >= 11 is 0. The van der Waals surface area contributed by atoms with Gasteiger partial charge in [-0.15, -0.1) is 0 Å². The fourth-order valence-electron chi connectivity index (χ4n) is 4.33. The molecule has 0 aliphatic rings. The molecule has 1 N–H and O–H groups in total. The first-order valence-electron chi connectivity index (χ1n) is 12.4. The van der Waals surface area contributed by atoms with E-state index in [0.717, 1.165) is 16.7 Å². The van der Waals surface area contributed by atoms with Crippen LogP contribution in [0.3, 0.4) is 0 Å². The molecule has 1 unspecified atom stereocenters. The molecule has 0 bridgehead atoms. The van der Waals surface area contributed by atoms with E-state index in [4.69, 9.17) is 9.47 Å². The summed E-state index contributed by atoms with van der Waals surface area (Å²) in [7, 11) is -2.96. The van der Waals surface area contributed by atoms with Crippen LogP contribution in [0, 0.1) is 6.92 Å². The van der Waals surface area contributed by atoms with E-state index in [1.807, 2.05) is 57.2 Å². The van der Waals surface area contributed by atoms with Crippen LogP contribution in [0.25, 0.3) is 11.1 Å². The Labute approximate surface area is 227 Å². The number of ether oxygens (including phenoxy) is 2. The molecule has 0 saturated carbocycles. The van der Waals surface area contributed by atoms with Crippen LogP contribution >= 0.6 is 0 Å². The van der Waals surface area contributed by atoms with Crippen LogP contribution in [0.5, 0.6) is 5.88 Å². The highest BCUT2D eigenvalue weighted by Crippen LogP contribution is 2.30. The van der Waals surface area contributed by atoms with Crippen molar-refractivity contribution in [2.24, 2.45) is 0 Å². The molecule has 0 amide bonds. The SMILES string of the molecule is COCC(c1ccccc1)n1c(COC(C)C)nc(O)c(S(=O)(=O)c2ccc(-c3ccncc3C)cc2)c1=O. The van der Waals surface area contributed by atoms with E-state index in [1.54, 1.807) is 24.5 Å². The molecule has 39 heavy (non-hydrogen) atoms. The molecule has 4 rings (SSSR count). The van der Waals surface area contributed by atoms with E-state index in [1.165, 1.54) is 23.8 Å². The molecule has 0 saturated heterocycles. The van der Waals surface area contributed by atoms with Crippen LogP contribution in [0.15, 0.2) is 87.6 Å². The number of sulfone groups is 1. The van der Waals surface area contributed by atoms with E-state index in [2.05, 4.69) is 9.97 Å². The van der Waals surface area contributed by atoms with Gasteiger partial charge in [-0.1, -0.05) is 42.5 Å². The lowest BCUT2D eigenvalue weighted by atomic mass is 10.0. The van der Waals surface area contributed by atoms with Gasteiger partial charge in [0, 0.05) is 19.5 Å². The first-order valence-corrected chi connectivity index (χ1v) is 13.9. The van der Waals surface area contributed by atoms with Crippen molar-refractivity contribution in [1.82, 2.24) is 14.5 Å². The minimum atomic E-state index is -4.45. The maximum atomic E-state index is 14.0. The average molecular weight is 550 g/mol. The van der Waals surface area contributed by atoms with Gasteiger partial charge < -0.3 is 14.6 Å². The van der Waals surface area contributed by atoms with E-state index in [0.29, 0.717) is 5.56 Å². The Balaban J connectivity index is 1.88. The van der Waals surface area contributed by atoms with Crippen molar-refractivity contribution in [2.45, 2.75) is 49.3 Å². The smallest absolute Gasteiger partial charge is 0.277 e. The largest absolute Gasteiger partial charge is 0.492 e. The number of aromatic nitrogens is 3. The maximum Gasteiger partial charge on any atom is 0.277 e. The van der Waals surface area contributed by atoms with E-state index in [9.17, 15) is 18.3 Å². The predicted molar refractivity (Wildman–Crippen MR) is 146 cm³/mol. The van der Waals surface area contributed by atoms with Gasteiger partial charge in [-0.05, 0) is 61.2 Å². The van der Waals surface area contributed by atoms with Crippen molar-refractivity contribution in [1.29, 1.82) is 0 Å². The van der Waals surface area contributed by atoms with Crippen molar-refractivity contribution in [3.05, 3.63) is 100 Å². The van der Waals surface area contributed by atoms with E-state index < -0.39 is 32.2 Å². The molecule has 4 aromatic rings. The Morgan fingerprint density at radius 1 is 1.03 bits per heavy atom. The van der Waals surface area contributed by atoms with E-state index >= 15 is 0 Å². The third-order valence-electron chi connectivity index (χ3n) is 6.26. The number of aromatic hydroxyl groups is 1.